The maximum absolute atomic E-state index is 12.2. The number of hydrogen-bond donors (Lipinski definition) is 2. The van der Waals surface area contributed by atoms with Crippen LogP contribution >= 0.6 is 39.7 Å². The van der Waals surface area contributed by atoms with Gasteiger partial charge in [-0.3, -0.25) is 4.79 Å². The molecule has 6 heteroatoms. The highest BCUT2D eigenvalue weighted by atomic mass is 79.9. The second kappa shape index (κ2) is 6.35. The zero-order valence-corrected chi connectivity index (χ0v) is 13.3. The zero-order valence-electron chi connectivity index (χ0n) is 10.2. The van der Waals surface area contributed by atoms with Crippen LogP contribution in [0.4, 0.5) is 5.69 Å². The Balaban J connectivity index is 2.24. The summed E-state index contributed by atoms with van der Waals surface area (Å²) in [5.41, 5.74) is 7.33. The lowest BCUT2D eigenvalue weighted by Gasteiger charge is -2.08. The normalized spacial score (nSPS) is 10.1. The van der Waals surface area contributed by atoms with Crippen molar-refractivity contribution in [2.24, 2.45) is 5.73 Å². The Labute approximate surface area is 135 Å². The molecule has 1 amide bonds. The molecule has 0 unspecified atom stereocenters. The number of carbonyl (C=O) groups is 1. The molecule has 2 aromatic rings. The molecule has 2 aromatic carbocycles. The molecule has 0 aliphatic carbocycles. The maximum atomic E-state index is 12.2. The van der Waals surface area contributed by atoms with Crippen molar-refractivity contribution in [2.45, 2.75) is 0 Å². The van der Waals surface area contributed by atoms with Crippen LogP contribution in [0, 0.1) is 0 Å². The monoisotopic (exact) mass is 368 g/mol. The van der Waals surface area contributed by atoms with Gasteiger partial charge in [0, 0.05) is 20.6 Å². The van der Waals surface area contributed by atoms with Gasteiger partial charge >= 0.3 is 0 Å². The fourth-order valence-corrected chi connectivity index (χ4v) is 2.51. The third-order valence-electron chi connectivity index (χ3n) is 2.59. The highest BCUT2D eigenvalue weighted by molar-refractivity contribution is 9.10. The second-order valence-electron chi connectivity index (χ2n) is 4.02. The Kier molecular flexibility index (Phi) is 4.75. The standard InChI is InChI=1S/C14H10BrClN2OS/c15-11-7-10(16)4-5-12(11)18-14(19)9-3-1-2-8(6-9)13(17)20/h1-7H,(H2,17,20)(H,18,19). The summed E-state index contributed by atoms with van der Waals surface area (Å²) in [6.07, 6.45) is 0. The summed E-state index contributed by atoms with van der Waals surface area (Å²) in [6.45, 7) is 0. The van der Waals surface area contributed by atoms with Gasteiger partial charge < -0.3 is 11.1 Å². The molecule has 20 heavy (non-hydrogen) atoms. The fourth-order valence-electron chi connectivity index (χ4n) is 1.60. The van der Waals surface area contributed by atoms with Gasteiger partial charge in [-0.1, -0.05) is 36.0 Å². The lowest BCUT2D eigenvalue weighted by Crippen LogP contribution is -2.15. The molecule has 0 bridgehead atoms. The molecule has 0 atom stereocenters. The van der Waals surface area contributed by atoms with Gasteiger partial charge in [-0.2, -0.15) is 0 Å². The number of rotatable bonds is 3. The molecule has 3 N–H and O–H groups in total. The largest absolute Gasteiger partial charge is 0.389 e. The van der Waals surface area contributed by atoms with Gasteiger partial charge in [0.1, 0.15) is 4.99 Å². The first-order valence-corrected chi connectivity index (χ1v) is 7.21. The number of hydrogen-bond acceptors (Lipinski definition) is 2. The average Bonchev–Trinajstić information content (AvgIpc) is 2.42. The fraction of sp³-hybridized carbons (Fsp3) is 0. The molecule has 0 radical (unpaired) electrons. The zero-order chi connectivity index (χ0) is 14.7. The van der Waals surface area contributed by atoms with E-state index >= 15 is 0 Å². The van der Waals surface area contributed by atoms with Gasteiger partial charge in [0.2, 0.25) is 0 Å². The number of carbonyl (C=O) groups excluding carboxylic acids is 1. The van der Waals surface area contributed by atoms with E-state index in [-0.39, 0.29) is 10.9 Å². The van der Waals surface area contributed by atoms with Crippen LogP contribution in [0.15, 0.2) is 46.9 Å². The van der Waals surface area contributed by atoms with Gasteiger partial charge in [0.05, 0.1) is 5.69 Å². The van der Waals surface area contributed by atoms with E-state index in [1.54, 1.807) is 42.5 Å². The number of nitrogens with two attached hydrogens (primary N) is 1. The Morgan fingerprint density at radius 1 is 1.20 bits per heavy atom. The van der Waals surface area contributed by atoms with Gasteiger partial charge in [0.25, 0.3) is 5.91 Å². The summed E-state index contributed by atoms with van der Waals surface area (Å²) in [5.74, 6) is -0.244. The first kappa shape index (κ1) is 15.0. The Morgan fingerprint density at radius 2 is 1.90 bits per heavy atom. The minimum atomic E-state index is -0.244. The van der Waals surface area contributed by atoms with Crippen LogP contribution in [-0.4, -0.2) is 10.9 Å². The van der Waals surface area contributed by atoms with E-state index in [0.29, 0.717) is 26.3 Å². The second-order valence-corrected chi connectivity index (χ2v) is 5.75. The van der Waals surface area contributed by atoms with Crippen LogP contribution < -0.4 is 11.1 Å². The first-order chi connectivity index (χ1) is 9.47. The molecule has 0 aliphatic heterocycles. The van der Waals surface area contributed by atoms with Crippen molar-refractivity contribution in [3.8, 4) is 0 Å². The third-order valence-corrected chi connectivity index (χ3v) is 3.72. The summed E-state index contributed by atoms with van der Waals surface area (Å²) >= 11 is 14.1. The summed E-state index contributed by atoms with van der Waals surface area (Å²) in [4.78, 5) is 12.4. The summed E-state index contributed by atoms with van der Waals surface area (Å²) < 4.78 is 0.712. The predicted octanol–water partition coefficient (Wildman–Crippen LogP) is 3.99. The number of nitrogens with one attached hydrogen (secondary N) is 1. The van der Waals surface area contributed by atoms with Crippen molar-refractivity contribution in [3.63, 3.8) is 0 Å². The molecule has 0 aliphatic rings. The number of halogens is 2. The number of benzene rings is 2. The molecule has 0 heterocycles. The SMILES string of the molecule is NC(=S)c1cccc(C(=O)Nc2ccc(Cl)cc2Br)c1. The van der Waals surface area contributed by atoms with E-state index in [9.17, 15) is 4.79 Å². The van der Waals surface area contributed by atoms with E-state index in [4.69, 9.17) is 29.6 Å². The van der Waals surface area contributed by atoms with Crippen molar-refractivity contribution in [1.82, 2.24) is 0 Å². The highest BCUT2D eigenvalue weighted by Crippen LogP contribution is 2.26. The molecule has 0 saturated heterocycles. The van der Waals surface area contributed by atoms with Gasteiger partial charge in [-0.15, -0.1) is 0 Å². The Morgan fingerprint density at radius 3 is 2.55 bits per heavy atom. The molecular formula is C14H10BrClN2OS. The smallest absolute Gasteiger partial charge is 0.255 e. The van der Waals surface area contributed by atoms with E-state index in [0.717, 1.165) is 0 Å². The lowest BCUT2D eigenvalue weighted by molar-refractivity contribution is 0.102. The molecule has 102 valence electrons. The van der Waals surface area contributed by atoms with E-state index in [1.165, 1.54) is 0 Å². The highest BCUT2D eigenvalue weighted by Gasteiger charge is 2.09. The molecule has 2 rings (SSSR count). The van der Waals surface area contributed by atoms with Crippen molar-refractivity contribution >= 4 is 56.3 Å². The van der Waals surface area contributed by atoms with Crippen LogP contribution in [-0.2, 0) is 0 Å². The van der Waals surface area contributed by atoms with Crippen molar-refractivity contribution in [3.05, 3.63) is 63.1 Å². The first-order valence-electron chi connectivity index (χ1n) is 5.63. The molecular weight excluding hydrogens is 360 g/mol. The predicted molar refractivity (Wildman–Crippen MR) is 89.4 cm³/mol. The summed E-state index contributed by atoms with van der Waals surface area (Å²) in [5, 5.41) is 3.38. The number of amides is 1. The maximum Gasteiger partial charge on any atom is 0.255 e. The molecule has 0 aromatic heterocycles. The third kappa shape index (κ3) is 3.56. The van der Waals surface area contributed by atoms with E-state index in [1.807, 2.05) is 0 Å². The molecule has 0 fully saturated rings. The van der Waals surface area contributed by atoms with Crippen molar-refractivity contribution in [2.75, 3.05) is 5.32 Å². The van der Waals surface area contributed by atoms with Crippen LogP contribution in [0.2, 0.25) is 5.02 Å². The quantitative estimate of drug-likeness (QED) is 0.804. The van der Waals surface area contributed by atoms with Crippen molar-refractivity contribution in [1.29, 1.82) is 0 Å². The van der Waals surface area contributed by atoms with Crippen LogP contribution in [0.3, 0.4) is 0 Å². The van der Waals surface area contributed by atoms with Gasteiger partial charge in [-0.05, 0) is 46.3 Å². The molecule has 0 spiro atoms. The summed E-state index contributed by atoms with van der Waals surface area (Å²) in [7, 11) is 0. The topological polar surface area (TPSA) is 55.1 Å². The molecule has 0 saturated carbocycles. The van der Waals surface area contributed by atoms with Crippen LogP contribution in [0.25, 0.3) is 0 Å². The lowest BCUT2D eigenvalue weighted by atomic mass is 10.1. The minimum Gasteiger partial charge on any atom is -0.389 e. The van der Waals surface area contributed by atoms with Crippen molar-refractivity contribution < 1.29 is 4.79 Å². The minimum absolute atomic E-state index is 0.244. The van der Waals surface area contributed by atoms with Gasteiger partial charge in [0.15, 0.2) is 0 Å². The average molecular weight is 370 g/mol. The van der Waals surface area contributed by atoms with Crippen LogP contribution in [0.5, 0.6) is 0 Å². The number of thiocarbonyl (C=S) groups is 1. The molecule has 3 nitrogen and oxygen atoms in total. The Bertz CT molecular complexity index is 691. The Hall–Kier alpha value is -1.43. The number of anilines is 1. The van der Waals surface area contributed by atoms with Crippen LogP contribution in [0.1, 0.15) is 15.9 Å². The van der Waals surface area contributed by atoms with Gasteiger partial charge in [-0.25, -0.2) is 0 Å². The summed E-state index contributed by atoms with van der Waals surface area (Å²) in [6, 6.07) is 12.0. The van der Waals surface area contributed by atoms with E-state index < -0.39 is 0 Å². The van der Waals surface area contributed by atoms with E-state index in [2.05, 4.69) is 21.2 Å².